The zero-order chi connectivity index (χ0) is 15.8. The summed E-state index contributed by atoms with van der Waals surface area (Å²) in [5.74, 6) is 0.382. The normalized spacial score (nSPS) is 28.2. The lowest BCUT2D eigenvalue weighted by Crippen LogP contribution is -2.50. The summed E-state index contributed by atoms with van der Waals surface area (Å²) in [4.78, 5) is 20.3. The summed E-state index contributed by atoms with van der Waals surface area (Å²) >= 11 is 11.6. The first kappa shape index (κ1) is 16.5. The zero-order valence-electron chi connectivity index (χ0n) is 12.4. The van der Waals surface area contributed by atoms with Crippen LogP contribution in [0.1, 0.15) is 33.6 Å². The van der Waals surface area contributed by atoms with Crippen LogP contribution >= 0.6 is 23.2 Å². The SMILES string of the molecule is CC1C(N)CCC(C(=O)Nc2cc(Cl)nc(Cl)n2)C1(C)C. The molecule has 0 aliphatic heterocycles. The van der Waals surface area contributed by atoms with Crippen molar-refractivity contribution in [2.45, 2.75) is 39.7 Å². The number of hydrogen-bond donors (Lipinski definition) is 2. The van der Waals surface area contributed by atoms with Gasteiger partial charge in [-0.1, -0.05) is 32.4 Å². The molecule has 0 bridgehead atoms. The second kappa shape index (κ2) is 6.07. The van der Waals surface area contributed by atoms with Crippen LogP contribution in [0, 0.1) is 17.3 Å². The number of nitrogens with two attached hydrogens (primary N) is 1. The zero-order valence-corrected chi connectivity index (χ0v) is 13.9. The van der Waals surface area contributed by atoms with E-state index in [1.807, 2.05) is 0 Å². The monoisotopic (exact) mass is 330 g/mol. The molecule has 0 aromatic carbocycles. The summed E-state index contributed by atoms with van der Waals surface area (Å²) in [6.07, 6.45) is 1.60. The van der Waals surface area contributed by atoms with Gasteiger partial charge in [0.2, 0.25) is 11.2 Å². The van der Waals surface area contributed by atoms with Crippen molar-refractivity contribution < 1.29 is 4.79 Å². The van der Waals surface area contributed by atoms with Crippen LogP contribution in [-0.2, 0) is 4.79 Å². The van der Waals surface area contributed by atoms with Gasteiger partial charge in [0, 0.05) is 18.0 Å². The Bertz CT molecular complexity index is 530. The van der Waals surface area contributed by atoms with Gasteiger partial charge in [-0.15, -0.1) is 0 Å². The van der Waals surface area contributed by atoms with E-state index in [4.69, 9.17) is 28.9 Å². The molecular weight excluding hydrogens is 311 g/mol. The van der Waals surface area contributed by atoms with Crippen molar-refractivity contribution >= 4 is 34.9 Å². The number of rotatable bonds is 2. The number of nitrogens with one attached hydrogen (secondary N) is 1. The first-order valence-corrected chi connectivity index (χ1v) is 7.74. The fourth-order valence-electron chi connectivity index (χ4n) is 2.99. The van der Waals surface area contributed by atoms with Gasteiger partial charge in [0.1, 0.15) is 11.0 Å². The second-order valence-corrected chi connectivity index (χ2v) is 6.96. The summed E-state index contributed by atoms with van der Waals surface area (Å²) in [6, 6.07) is 1.61. The predicted octanol–water partition coefficient (Wildman–Crippen LogP) is 3.12. The minimum Gasteiger partial charge on any atom is -0.327 e. The first-order valence-electron chi connectivity index (χ1n) is 6.98. The fraction of sp³-hybridized carbons (Fsp3) is 0.643. The van der Waals surface area contributed by atoms with Crippen LogP contribution in [0.2, 0.25) is 10.4 Å². The molecule has 1 amide bonds. The van der Waals surface area contributed by atoms with Crippen LogP contribution in [0.3, 0.4) is 0 Å². The minimum atomic E-state index is -0.178. The highest BCUT2D eigenvalue weighted by molar-refractivity contribution is 6.32. The highest BCUT2D eigenvalue weighted by Crippen LogP contribution is 2.44. The highest BCUT2D eigenvalue weighted by atomic mass is 35.5. The summed E-state index contributed by atoms with van der Waals surface area (Å²) in [5.41, 5.74) is 5.94. The molecule has 1 aromatic heterocycles. The highest BCUT2D eigenvalue weighted by Gasteiger charge is 2.45. The lowest BCUT2D eigenvalue weighted by molar-refractivity contribution is -0.127. The van der Waals surface area contributed by atoms with E-state index in [1.165, 1.54) is 6.07 Å². The molecule has 7 heteroatoms. The van der Waals surface area contributed by atoms with Crippen LogP contribution in [0.15, 0.2) is 6.07 Å². The molecule has 1 aliphatic rings. The third-order valence-electron chi connectivity index (χ3n) is 4.74. The van der Waals surface area contributed by atoms with Crippen LogP contribution in [-0.4, -0.2) is 21.9 Å². The molecule has 3 unspecified atom stereocenters. The quantitative estimate of drug-likeness (QED) is 0.644. The molecule has 5 nitrogen and oxygen atoms in total. The van der Waals surface area contributed by atoms with E-state index in [2.05, 4.69) is 36.1 Å². The molecule has 0 saturated heterocycles. The van der Waals surface area contributed by atoms with E-state index in [9.17, 15) is 4.79 Å². The molecule has 21 heavy (non-hydrogen) atoms. The van der Waals surface area contributed by atoms with E-state index >= 15 is 0 Å². The van der Waals surface area contributed by atoms with Gasteiger partial charge in [-0.3, -0.25) is 4.79 Å². The molecule has 1 aromatic rings. The van der Waals surface area contributed by atoms with Crippen molar-refractivity contribution in [2.75, 3.05) is 5.32 Å². The number of carbonyl (C=O) groups is 1. The van der Waals surface area contributed by atoms with Crippen molar-refractivity contribution in [2.24, 2.45) is 23.0 Å². The van der Waals surface area contributed by atoms with Gasteiger partial charge in [0.25, 0.3) is 0 Å². The molecule has 1 aliphatic carbocycles. The number of halogens is 2. The number of amides is 1. The van der Waals surface area contributed by atoms with E-state index in [0.29, 0.717) is 5.82 Å². The molecule has 116 valence electrons. The average Bonchev–Trinajstić information content (AvgIpc) is 2.34. The lowest BCUT2D eigenvalue weighted by Gasteiger charge is -2.45. The third kappa shape index (κ3) is 3.47. The Morgan fingerprint density at radius 1 is 1.38 bits per heavy atom. The van der Waals surface area contributed by atoms with Crippen LogP contribution in [0.25, 0.3) is 0 Å². The maximum Gasteiger partial charge on any atom is 0.229 e. The number of carbonyl (C=O) groups excluding carboxylic acids is 1. The van der Waals surface area contributed by atoms with Gasteiger partial charge in [-0.2, -0.15) is 0 Å². The number of nitrogens with zero attached hydrogens (tertiary/aromatic N) is 2. The Morgan fingerprint density at radius 2 is 2.05 bits per heavy atom. The third-order valence-corrected chi connectivity index (χ3v) is 5.10. The van der Waals surface area contributed by atoms with Crippen molar-refractivity contribution in [3.05, 3.63) is 16.5 Å². The lowest BCUT2D eigenvalue weighted by atomic mass is 9.61. The van der Waals surface area contributed by atoms with E-state index in [0.717, 1.165) is 12.8 Å². The minimum absolute atomic E-state index is 0.0103. The predicted molar refractivity (Wildman–Crippen MR) is 84.3 cm³/mol. The van der Waals surface area contributed by atoms with E-state index in [1.54, 1.807) is 0 Å². The molecule has 3 atom stereocenters. The molecule has 1 fully saturated rings. The Labute approximate surface area is 134 Å². The fourth-order valence-corrected chi connectivity index (χ4v) is 3.40. The molecular formula is C14H20Cl2N4O. The van der Waals surface area contributed by atoms with Crippen LogP contribution < -0.4 is 11.1 Å². The second-order valence-electron chi connectivity index (χ2n) is 6.24. The average molecular weight is 331 g/mol. The summed E-state index contributed by atoms with van der Waals surface area (Å²) in [6.45, 7) is 6.27. The van der Waals surface area contributed by atoms with Gasteiger partial charge in [0.05, 0.1) is 0 Å². The molecule has 2 rings (SSSR count). The van der Waals surface area contributed by atoms with Gasteiger partial charge in [0.15, 0.2) is 0 Å². The van der Waals surface area contributed by atoms with Gasteiger partial charge >= 0.3 is 0 Å². The molecule has 1 heterocycles. The van der Waals surface area contributed by atoms with E-state index < -0.39 is 0 Å². The largest absolute Gasteiger partial charge is 0.327 e. The van der Waals surface area contributed by atoms with Crippen molar-refractivity contribution in [3.8, 4) is 0 Å². The van der Waals surface area contributed by atoms with Crippen molar-refractivity contribution in [1.29, 1.82) is 0 Å². The smallest absolute Gasteiger partial charge is 0.229 e. The summed E-state index contributed by atoms with van der Waals surface area (Å²) in [5, 5.41) is 2.99. The maximum atomic E-state index is 12.6. The molecule has 1 saturated carbocycles. The topological polar surface area (TPSA) is 80.9 Å². The van der Waals surface area contributed by atoms with Gasteiger partial charge in [-0.25, -0.2) is 9.97 Å². The Morgan fingerprint density at radius 3 is 2.67 bits per heavy atom. The van der Waals surface area contributed by atoms with Gasteiger partial charge in [-0.05, 0) is 35.8 Å². The Kier molecular flexibility index (Phi) is 4.76. The first-order chi connectivity index (χ1) is 9.71. The van der Waals surface area contributed by atoms with Crippen LogP contribution in [0.5, 0.6) is 0 Å². The number of aromatic nitrogens is 2. The maximum absolute atomic E-state index is 12.6. The Hall–Kier alpha value is -0.910. The van der Waals surface area contributed by atoms with Crippen molar-refractivity contribution in [1.82, 2.24) is 9.97 Å². The van der Waals surface area contributed by atoms with Crippen LogP contribution in [0.4, 0.5) is 5.82 Å². The van der Waals surface area contributed by atoms with Gasteiger partial charge < -0.3 is 11.1 Å². The molecule has 3 N–H and O–H groups in total. The standard InChI is InChI=1S/C14H20Cl2N4O/c1-7-9(17)5-4-8(14(7,2)3)12(21)19-11-6-10(15)18-13(16)20-11/h6-9H,4-5,17H2,1-3H3,(H,18,19,20,21). The summed E-state index contributed by atoms with van der Waals surface area (Å²) < 4.78 is 0. The molecule has 0 spiro atoms. The van der Waals surface area contributed by atoms with Crippen molar-refractivity contribution in [3.63, 3.8) is 0 Å². The Balaban J connectivity index is 2.16. The number of hydrogen-bond acceptors (Lipinski definition) is 4. The number of anilines is 1. The molecule has 0 radical (unpaired) electrons. The van der Waals surface area contributed by atoms with E-state index in [-0.39, 0.29) is 39.6 Å². The summed E-state index contributed by atoms with van der Waals surface area (Å²) in [7, 11) is 0.